The zero-order chi connectivity index (χ0) is 13.4. The van der Waals surface area contributed by atoms with Crippen molar-refractivity contribution < 1.29 is 4.74 Å². The summed E-state index contributed by atoms with van der Waals surface area (Å²) in [5.41, 5.74) is 1.46. The van der Waals surface area contributed by atoms with Crippen molar-refractivity contribution in [2.75, 3.05) is 13.2 Å². The van der Waals surface area contributed by atoms with Gasteiger partial charge in [-0.3, -0.25) is 0 Å². The number of ether oxygens (including phenoxy) is 1. The van der Waals surface area contributed by atoms with Gasteiger partial charge in [0.1, 0.15) is 6.61 Å². The number of fused-ring (bicyclic) bond motifs is 2. The molecule has 0 spiro atoms. The maximum absolute atomic E-state index is 5.56. The molecule has 1 N–H and O–H groups in total. The molecule has 3 heteroatoms. The Kier molecular flexibility index (Phi) is 3.13. The highest BCUT2D eigenvalue weighted by atomic mass is 16.5. The van der Waals surface area contributed by atoms with E-state index < -0.39 is 0 Å². The molecule has 3 aliphatic rings. The molecular formula is C17H22N2O. The molecule has 2 bridgehead atoms. The van der Waals surface area contributed by atoms with Gasteiger partial charge in [-0.05, 0) is 49.0 Å². The fraction of sp³-hybridized carbons (Fsp3) is 0.588. The van der Waals surface area contributed by atoms with Crippen molar-refractivity contribution >= 4 is 6.02 Å². The molecule has 3 nitrogen and oxygen atoms in total. The number of rotatable bonds is 3. The Hall–Kier alpha value is -1.51. The summed E-state index contributed by atoms with van der Waals surface area (Å²) in [6.07, 6.45) is 5.37. The van der Waals surface area contributed by atoms with Crippen LogP contribution in [0.3, 0.4) is 0 Å². The van der Waals surface area contributed by atoms with E-state index in [1.165, 1.54) is 31.2 Å². The Morgan fingerprint density at radius 1 is 1.15 bits per heavy atom. The fourth-order valence-corrected chi connectivity index (χ4v) is 4.38. The van der Waals surface area contributed by atoms with Crippen molar-refractivity contribution in [2.45, 2.75) is 31.7 Å². The summed E-state index contributed by atoms with van der Waals surface area (Å²) >= 11 is 0. The van der Waals surface area contributed by atoms with Crippen LogP contribution in [0, 0.1) is 17.8 Å². The van der Waals surface area contributed by atoms with E-state index in [2.05, 4.69) is 40.6 Å². The number of nitrogens with one attached hydrogen (secondary N) is 1. The lowest BCUT2D eigenvalue weighted by Gasteiger charge is -2.32. The molecule has 2 saturated carbocycles. The first-order valence-corrected chi connectivity index (χ1v) is 7.88. The molecule has 1 aliphatic heterocycles. The van der Waals surface area contributed by atoms with Gasteiger partial charge >= 0.3 is 0 Å². The molecule has 1 aromatic carbocycles. The minimum absolute atomic E-state index is 0.561. The smallest absolute Gasteiger partial charge is 0.285 e. The van der Waals surface area contributed by atoms with Gasteiger partial charge < -0.3 is 10.1 Å². The van der Waals surface area contributed by atoms with Crippen LogP contribution in [-0.4, -0.2) is 25.2 Å². The van der Waals surface area contributed by atoms with Crippen molar-refractivity contribution in [1.29, 1.82) is 0 Å². The summed E-state index contributed by atoms with van der Waals surface area (Å²) in [6, 6.07) is 12.3. The first-order valence-electron chi connectivity index (χ1n) is 7.88. The summed E-state index contributed by atoms with van der Waals surface area (Å²) in [5, 5.41) is 3.61. The van der Waals surface area contributed by atoms with Crippen LogP contribution < -0.4 is 5.32 Å². The van der Waals surface area contributed by atoms with Crippen LogP contribution in [0.4, 0.5) is 0 Å². The SMILES string of the molecule is c1ccc(C[C@@H]2[C@H]3CC[C@H](C3)[C@@H]2NC2=NCCO2)cc1. The van der Waals surface area contributed by atoms with Crippen molar-refractivity contribution in [3.8, 4) is 0 Å². The zero-order valence-corrected chi connectivity index (χ0v) is 11.8. The van der Waals surface area contributed by atoms with Crippen LogP contribution in [0.5, 0.6) is 0 Å². The van der Waals surface area contributed by atoms with E-state index in [4.69, 9.17) is 4.74 Å². The third-order valence-corrected chi connectivity index (χ3v) is 5.28. The summed E-state index contributed by atoms with van der Waals surface area (Å²) in [6.45, 7) is 1.55. The molecule has 106 valence electrons. The molecule has 20 heavy (non-hydrogen) atoms. The second-order valence-electron chi connectivity index (χ2n) is 6.39. The van der Waals surface area contributed by atoms with E-state index in [0.717, 1.165) is 36.9 Å². The van der Waals surface area contributed by atoms with Crippen LogP contribution in [0.2, 0.25) is 0 Å². The molecule has 1 heterocycles. The molecule has 4 rings (SSSR count). The van der Waals surface area contributed by atoms with Crippen molar-refractivity contribution in [3.05, 3.63) is 35.9 Å². The molecule has 0 unspecified atom stereocenters. The first kappa shape index (κ1) is 12.2. The maximum Gasteiger partial charge on any atom is 0.285 e. The predicted octanol–water partition coefficient (Wildman–Crippen LogP) is 2.62. The highest BCUT2D eigenvalue weighted by molar-refractivity contribution is 5.75. The normalized spacial score (nSPS) is 34.9. The Bertz CT molecular complexity index is 499. The number of hydrogen-bond donors (Lipinski definition) is 1. The standard InChI is InChI=1S/C17H22N2O/c1-2-4-12(5-3-1)10-15-13-6-7-14(11-13)16(15)19-17-18-8-9-20-17/h1-5,13-16H,6-11H2,(H,18,19)/t13-,14+,15+,16-/m0/s1. The van der Waals surface area contributed by atoms with Crippen molar-refractivity contribution in [3.63, 3.8) is 0 Å². The lowest BCUT2D eigenvalue weighted by atomic mass is 9.80. The van der Waals surface area contributed by atoms with E-state index in [1.54, 1.807) is 0 Å². The van der Waals surface area contributed by atoms with Gasteiger partial charge in [0.05, 0.1) is 6.54 Å². The van der Waals surface area contributed by atoms with E-state index in [9.17, 15) is 0 Å². The van der Waals surface area contributed by atoms with Crippen molar-refractivity contribution in [1.82, 2.24) is 5.32 Å². The van der Waals surface area contributed by atoms with Crippen LogP contribution in [0.25, 0.3) is 0 Å². The fourth-order valence-electron chi connectivity index (χ4n) is 4.38. The number of nitrogens with zero attached hydrogens (tertiary/aromatic N) is 1. The Morgan fingerprint density at radius 2 is 2.00 bits per heavy atom. The highest BCUT2D eigenvalue weighted by Gasteiger charge is 2.47. The van der Waals surface area contributed by atoms with E-state index >= 15 is 0 Å². The van der Waals surface area contributed by atoms with Crippen LogP contribution in [0.1, 0.15) is 24.8 Å². The average molecular weight is 270 g/mol. The van der Waals surface area contributed by atoms with E-state index in [-0.39, 0.29) is 0 Å². The van der Waals surface area contributed by atoms with Crippen molar-refractivity contribution in [2.24, 2.45) is 22.7 Å². The minimum Gasteiger partial charge on any atom is -0.463 e. The molecule has 0 radical (unpaired) electrons. The molecule has 0 saturated heterocycles. The lowest BCUT2D eigenvalue weighted by Crippen LogP contribution is -2.44. The lowest BCUT2D eigenvalue weighted by molar-refractivity contribution is 0.247. The molecular weight excluding hydrogens is 248 g/mol. The topological polar surface area (TPSA) is 33.6 Å². The van der Waals surface area contributed by atoms with Gasteiger partial charge in [-0.2, -0.15) is 0 Å². The van der Waals surface area contributed by atoms with Gasteiger partial charge in [-0.15, -0.1) is 0 Å². The third kappa shape index (κ3) is 2.19. The van der Waals surface area contributed by atoms with Gasteiger partial charge in [0, 0.05) is 6.04 Å². The maximum atomic E-state index is 5.56. The summed E-state index contributed by atoms with van der Waals surface area (Å²) < 4.78 is 5.56. The molecule has 2 aliphatic carbocycles. The number of amidine groups is 1. The van der Waals surface area contributed by atoms with E-state index in [1.807, 2.05) is 0 Å². The second kappa shape index (κ2) is 5.12. The monoisotopic (exact) mass is 270 g/mol. The second-order valence-corrected chi connectivity index (χ2v) is 6.39. The van der Waals surface area contributed by atoms with Crippen LogP contribution >= 0.6 is 0 Å². The minimum atomic E-state index is 0.561. The van der Waals surface area contributed by atoms with Crippen LogP contribution in [-0.2, 0) is 11.2 Å². The Labute approximate surface area is 120 Å². The van der Waals surface area contributed by atoms with Crippen LogP contribution in [0.15, 0.2) is 35.3 Å². The first-order chi connectivity index (χ1) is 9.90. The molecule has 2 fully saturated rings. The quantitative estimate of drug-likeness (QED) is 0.916. The largest absolute Gasteiger partial charge is 0.463 e. The zero-order valence-electron chi connectivity index (χ0n) is 11.8. The van der Waals surface area contributed by atoms with Gasteiger partial charge in [0.2, 0.25) is 0 Å². The average Bonchev–Trinajstić information content (AvgIpc) is 3.20. The molecule has 1 aromatic rings. The van der Waals surface area contributed by atoms with Gasteiger partial charge in [0.15, 0.2) is 0 Å². The van der Waals surface area contributed by atoms with Gasteiger partial charge in [-0.25, -0.2) is 4.99 Å². The third-order valence-electron chi connectivity index (χ3n) is 5.28. The summed E-state index contributed by atoms with van der Waals surface area (Å²) in [4.78, 5) is 4.41. The Morgan fingerprint density at radius 3 is 2.80 bits per heavy atom. The van der Waals surface area contributed by atoms with Gasteiger partial charge in [-0.1, -0.05) is 30.3 Å². The molecule has 0 amide bonds. The van der Waals surface area contributed by atoms with E-state index in [0.29, 0.717) is 6.04 Å². The summed E-state index contributed by atoms with van der Waals surface area (Å²) in [7, 11) is 0. The Balaban J connectivity index is 1.50. The predicted molar refractivity (Wildman–Crippen MR) is 79.6 cm³/mol. The molecule has 0 aromatic heterocycles. The highest BCUT2D eigenvalue weighted by Crippen LogP contribution is 2.49. The molecule has 4 atom stereocenters. The number of benzene rings is 1. The van der Waals surface area contributed by atoms with Gasteiger partial charge in [0.25, 0.3) is 6.02 Å². The number of hydrogen-bond acceptors (Lipinski definition) is 3. The summed E-state index contributed by atoms with van der Waals surface area (Å²) in [5.74, 6) is 2.45. The number of aliphatic imine (C=N–C) groups is 1.